The highest BCUT2D eigenvalue weighted by Crippen LogP contribution is 1.61. The van der Waals surface area contributed by atoms with E-state index in [1.165, 1.54) is 0 Å². The van der Waals surface area contributed by atoms with Crippen LogP contribution in [0.4, 0.5) is 0 Å². The van der Waals surface area contributed by atoms with E-state index in [4.69, 9.17) is 20.4 Å². The van der Waals surface area contributed by atoms with Gasteiger partial charge < -0.3 is 20.4 Å². The van der Waals surface area contributed by atoms with E-state index in [2.05, 4.69) is 0 Å². The van der Waals surface area contributed by atoms with Crippen molar-refractivity contribution in [3.05, 3.63) is 0 Å². The standard InChI is InChI=1S/2C3H8O.C2H6O.CH4O/c2*1-2-3-4;1-2-3;1-2/h2*4H,2-3H2,1H3;3H,2H2,1H3;2H,1H3. The van der Waals surface area contributed by atoms with E-state index in [-0.39, 0.29) is 6.61 Å². The molecule has 4 N–H and O–H groups in total. The van der Waals surface area contributed by atoms with Crippen LogP contribution in [0, 0.1) is 0 Å². The minimum absolute atomic E-state index is 0.250. The highest BCUT2D eigenvalue weighted by molar-refractivity contribution is 4.10. The molecular formula is C9H26O4. The minimum atomic E-state index is 0.250. The van der Waals surface area contributed by atoms with Gasteiger partial charge in [-0.2, -0.15) is 0 Å². The average molecular weight is 198 g/mol. The van der Waals surface area contributed by atoms with E-state index in [1.54, 1.807) is 6.92 Å². The van der Waals surface area contributed by atoms with Gasteiger partial charge in [-0.15, -0.1) is 0 Å². The lowest BCUT2D eigenvalue weighted by Gasteiger charge is -1.69. The molecule has 0 heterocycles. The van der Waals surface area contributed by atoms with Crippen LogP contribution in [-0.2, 0) is 0 Å². The third kappa shape index (κ3) is 339. The van der Waals surface area contributed by atoms with Gasteiger partial charge in [0.2, 0.25) is 0 Å². The molecule has 0 aromatic heterocycles. The molecule has 0 aliphatic carbocycles. The van der Waals surface area contributed by atoms with Gasteiger partial charge in [0, 0.05) is 26.9 Å². The van der Waals surface area contributed by atoms with Crippen LogP contribution in [0.1, 0.15) is 33.6 Å². The van der Waals surface area contributed by atoms with Gasteiger partial charge in [-0.1, -0.05) is 13.8 Å². The zero-order valence-electron chi connectivity index (χ0n) is 9.32. The molecule has 0 rings (SSSR count). The maximum Gasteiger partial charge on any atom is 0.0428 e. The van der Waals surface area contributed by atoms with Crippen molar-refractivity contribution in [1.29, 1.82) is 0 Å². The van der Waals surface area contributed by atoms with Crippen LogP contribution < -0.4 is 0 Å². The van der Waals surface area contributed by atoms with Crippen molar-refractivity contribution < 1.29 is 20.4 Å². The van der Waals surface area contributed by atoms with Gasteiger partial charge in [0.05, 0.1) is 0 Å². The Kier molecular flexibility index (Phi) is 105. The summed E-state index contributed by atoms with van der Waals surface area (Å²) in [6.07, 6.45) is 1.75. The molecule has 0 atom stereocenters. The van der Waals surface area contributed by atoms with E-state index < -0.39 is 0 Å². The van der Waals surface area contributed by atoms with Crippen LogP contribution in [0.25, 0.3) is 0 Å². The van der Waals surface area contributed by atoms with Gasteiger partial charge in [0.25, 0.3) is 0 Å². The second-order valence-corrected chi connectivity index (χ2v) is 1.76. The molecule has 0 aliphatic heterocycles. The fraction of sp³-hybridized carbons (Fsp3) is 1.00. The number of hydrogen-bond acceptors (Lipinski definition) is 4. The SMILES string of the molecule is CCCO.CCCO.CCO.CO. The van der Waals surface area contributed by atoms with Crippen LogP contribution >= 0.6 is 0 Å². The molecule has 0 aliphatic rings. The summed E-state index contributed by atoms with van der Waals surface area (Å²) in [7, 11) is 1.00. The van der Waals surface area contributed by atoms with Crippen LogP contribution in [0.5, 0.6) is 0 Å². The van der Waals surface area contributed by atoms with Gasteiger partial charge in [0.15, 0.2) is 0 Å². The lowest BCUT2D eigenvalue weighted by molar-refractivity contribution is 0.294. The van der Waals surface area contributed by atoms with E-state index in [0.29, 0.717) is 13.2 Å². The Labute approximate surface area is 81.9 Å². The molecule has 86 valence electrons. The molecule has 0 bridgehead atoms. The number of hydrogen-bond donors (Lipinski definition) is 4. The molecule has 0 spiro atoms. The average Bonchev–Trinajstić information content (AvgIpc) is 2.22. The van der Waals surface area contributed by atoms with Crippen LogP contribution in [-0.4, -0.2) is 47.4 Å². The van der Waals surface area contributed by atoms with E-state index in [9.17, 15) is 0 Å². The first-order valence-electron chi connectivity index (χ1n) is 4.52. The van der Waals surface area contributed by atoms with Crippen molar-refractivity contribution >= 4 is 0 Å². The Hall–Kier alpha value is -0.160. The van der Waals surface area contributed by atoms with E-state index in [1.807, 2.05) is 13.8 Å². The van der Waals surface area contributed by atoms with Gasteiger partial charge in [-0.05, 0) is 19.8 Å². The fourth-order valence-electron chi connectivity index (χ4n) is 0. The van der Waals surface area contributed by atoms with E-state index in [0.717, 1.165) is 20.0 Å². The van der Waals surface area contributed by atoms with Crippen molar-refractivity contribution in [2.75, 3.05) is 26.9 Å². The Morgan fingerprint density at radius 3 is 0.769 bits per heavy atom. The van der Waals surface area contributed by atoms with Crippen LogP contribution in [0.3, 0.4) is 0 Å². The van der Waals surface area contributed by atoms with E-state index >= 15 is 0 Å². The minimum Gasteiger partial charge on any atom is -0.400 e. The summed E-state index contributed by atoms with van der Waals surface area (Å²) in [5.41, 5.74) is 0. The summed E-state index contributed by atoms with van der Waals surface area (Å²) in [6, 6.07) is 0. The van der Waals surface area contributed by atoms with Crippen molar-refractivity contribution in [3.63, 3.8) is 0 Å². The molecule has 0 radical (unpaired) electrons. The molecule has 4 nitrogen and oxygen atoms in total. The molecule has 0 aromatic rings. The topological polar surface area (TPSA) is 80.9 Å². The summed E-state index contributed by atoms with van der Waals surface area (Å²) in [5, 5.41) is 30.3. The third-order valence-electron chi connectivity index (χ3n) is 0.447. The maximum absolute atomic E-state index is 7.88. The lowest BCUT2D eigenvalue weighted by atomic mass is 10.5. The van der Waals surface area contributed by atoms with Crippen molar-refractivity contribution in [3.8, 4) is 0 Å². The van der Waals surface area contributed by atoms with Gasteiger partial charge >= 0.3 is 0 Å². The molecule has 0 aromatic carbocycles. The first-order valence-corrected chi connectivity index (χ1v) is 4.52. The maximum atomic E-state index is 7.88. The second kappa shape index (κ2) is 59.4. The molecule has 0 amide bonds. The summed E-state index contributed by atoms with van der Waals surface area (Å²) >= 11 is 0. The Morgan fingerprint density at radius 1 is 0.692 bits per heavy atom. The smallest absolute Gasteiger partial charge is 0.0428 e. The van der Waals surface area contributed by atoms with Gasteiger partial charge in [0.1, 0.15) is 0 Å². The normalized spacial score (nSPS) is 6.46. The molecule has 0 saturated carbocycles. The lowest BCUT2D eigenvalue weighted by Crippen LogP contribution is -1.69. The summed E-state index contributed by atoms with van der Waals surface area (Å²) < 4.78 is 0. The predicted octanol–water partition coefficient (Wildman–Crippen LogP) is 0.384. The third-order valence-corrected chi connectivity index (χ3v) is 0.447. The Balaban J connectivity index is -0.0000000431. The summed E-state index contributed by atoms with van der Waals surface area (Å²) in [5.74, 6) is 0. The summed E-state index contributed by atoms with van der Waals surface area (Å²) in [6.45, 7) is 6.43. The number of aliphatic hydroxyl groups excluding tert-OH is 4. The predicted molar refractivity (Wildman–Crippen MR) is 55.7 cm³/mol. The highest BCUT2D eigenvalue weighted by atomic mass is 16.3. The first kappa shape index (κ1) is 23.0. The molecule has 13 heavy (non-hydrogen) atoms. The fourth-order valence-corrected chi connectivity index (χ4v) is 0. The molecule has 0 fully saturated rings. The van der Waals surface area contributed by atoms with Crippen LogP contribution in [0.2, 0.25) is 0 Å². The van der Waals surface area contributed by atoms with Gasteiger partial charge in [-0.3, -0.25) is 0 Å². The van der Waals surface area contributed by atoms with Crippen molar-refractivity contribution in [2.24, 2.45) is 0 Å². The quantitative estimate of drug-likeness (QED) is 0.517. The molecule has 0 saturated heterocycles. The van der Waals surface area contributed by atoms with Crippen molar-refractivity contribution in [1.82, 2.24) is 0 Å². The monoisotopic (exact) mass is 198 g/mol. The highest BCUT2D eigenvalue weighted by Gasteiger charge is 1.57. The largest absolute Gasteiger partial charge is 0.400 e. The Morgan fingerprint density at radius 2 is 0.769 bits per heavy atom. The molecule has 4 heteroatoms. The first-order chi connectivity index (χ1) is 6.24. The zero-order chi connectivity index (χ0) is 11.5. The second-order valence-electron chi connectivity index (χ2n) is 1.76. The van der Waals surface area contributed by atoms with Crippen molar-refractivity contribution in [2.45, 2.75) is 33.6 Å². The Bertz CT molecular complexity index is 26.8. The molecular weight excluding hydrogens is 172 g/mol. The summed E-state index contributed by atoms with van der Waals surface area (Å²) in [4.78, 5) is 0. The van der Waals surface area contributed by atoms with Crippen LogP contribution in [0.15, 0.2) is 0 Å². The van der Waals surface area contributed by atoms with Gasteiger partial charge in [-0.25, -0.2) is 0 Å². The number of rotatable bonds is 2. The zero-order valence-corrected chi connectivity index (χ0v) is 9.32. The molecule has 0 unspecified atom stereocenters. The number of aliphatic hydroxyl groups is 4.